The predicted molar refractivity (Wildman–Crippen MR) is 106 cm³/mol. The van der Waals surface area contributed by atoms with Gasteiger partial charge in [0.2, 0.25) is 17.6 Å². The molecule has 3 aromatic rings. The first-order valence-corrected chi connectivity index (χ1v) is 8.96. The Hall–Kier alpha value is -2.63. The molecule has 138 valence electrons. The number of carbonyl (C=O) groups excluding carboxylic acids is 1. The van der Waals surface area contributed by atoms with E-state index in [9.17, 15) is 4.79 Å². The van der Waals surface area contributed by atoms with Gasteiger partial charge in [0.05, 0.1) is 6.54 Å². The molecule has 0 N–H and O–H groups in total. The lowest BCUT2D eigenvalue weighted by Crippen LogP contribution is -2.24. The average molecular weight is 402 g/mol. The van der Waals surface area contributed by atoms with Gasteiger partial charge in [-0.25, -0.2) is 0 Å². The van der Waals surface area contributed by atoms with Crippen LogP contribution in [-0.2, 0) is 11.3 Å². The van der Waals surface area contributed by atoms with Gasteiger partial charge in [0.25, 0.3) is 0 Å². The van der Waals surface area contributed by atoms with Crippen LogP contribution in [0.25, 0.3) is 17.5 Å². The van der Waals surface area contributed by atoms with Gasteiger partial charge in [0.15, 0.2) is 0 Å². The summed E-state index contributed by atoms with van der Waals surface area (Å²) in [7, 11) is 1.66. The molecule has 27 heavy (non-hydrogen) atoms. The number of hydrogen-bond donors (Lipinski definition) is 0. The van der Waals surface area contributed by atoms with Gasteiger partial charge < -0.3 is 9.42 Å². The van der Waals surface area contributed by atoms with Crippen molar-refractivity contribution in [2.75, 3.05) is 7.05 Å². The van der Waals surface area contributed by atoms with Crippen molar-refractivity contribution in [3.63, 3.8) is 0 Å². The molecule has 5 nitrogen and oxygen atoms in total. The van der Waals surface area contributed by atoms with E-state index in [1.54, 1.807) is 31.3 Å². The van der Waals surface area contributed by atoms with Crippen LogP contribution < -0.4 is 0 Å². The molecule has 7 heteroatoms. The molecule has 0 saturated heterocycles. The Morgan fingerprint density at radius 3 is 2.63 bits per heavy atom. The maximum Gasteiger partial charge on any atom is 0.246 e. The number of amides is 1. The van der Waals surface area contributed by atoms with Gasteiger partial charge in [-0.3, -0.25) is 4.79 Å². The Morgan fingerprint density at radius 1 is 1.19 bits per heavy atom. The van der Waals surface area contributed by atoms with Gasteiger partial charge in [-0.1, -0.05) is 64.3 Å². The van der Waals surface area contributed by atoms with Crippen LogP contribution in [0, 0.1) is 6.92 Å². The van der Waals surface area contributed by atoms with E-state index in [2.05, 4.69) is 10.1 Å². The monoisotopic (exact) mass is 401 g/mol. The van der Waals surface area contributed by atoms with Crippen molar-refractivity contribution in [2.45, 2.75) is 13.5 Å². The van der Waals surface area contributed by atoms with E-state index in [0.29, 0.717) is 27.3 Å². The lowest BCUT2D eigenvalue weighted by Gasteiger charge is -2.11. The summed E-state index contributed by atoms with van der Waals surface area (Å²) >= 11 is 12.0. The number of rotatable bonds is 5. The molecule has 0 aliphatic heterocycles. The summed E-state index contributed by atoms with van der Waals surface area (Å²) in [6, 6.07) is 12.9. The molecule has 0 aliphatic rings. The third-order valence-electron chi connectivity index (χ3n) is 3.89. The Morgan fingerprint density at radius 2 is 1.93 bits per heavy atom. The fourth-order valence-corrected chi connectivity index (χ4v) is 2.82. The molecule has 0 aliphatic carbocycles. The maximum absolute atomic E-state index is 12.3. The second-order valence-electron chi connectivity index (χ2n) is 6.07. The van der Waals surface area contributed by atoms with Crippen LogP contribution >= 0.6 is 23.2 Å². The molecular weight excluding hydrogens is 385 g/mol. The Balaban J connectivity index is 1.64. The molecule has 1 amide bonds. The van der Waals surface area contributed by atoms with Gasteiger partial charge >= 0.3 is 0 Å². The van der Waals surface area contributed by atoms with E-state index in [0.717, 1.165) is 11.1 Å². The molecular formula is C20H17Cl2N3O2. The highest BCUT2D eigenvalue weighted by molar-refractivity contribution is 6.35. The number of hydrogen-bond acceptors (Lipinski definition) is 4. The first-order valence-electron chi connectivity index (χ1n) is 8.20. The molecule has 2 aromatic carbocycles. The Bertz CT molecular complexity index is 981. The summed E-state index contributed by atoms with van der Waals surface area (Å²) in [5, 5.41) is 4.99. The smallest absolute Gasteiger partial charge is 0.246 e. The zero-order chi connectivity index (χ0) is 19.4. The third-order valence-corrected chi connectivity index (χ3v) is 4.46. The Labute approximate surface area is 167 Å². The van der Waals surface area contributed by atoms with Crippen LogP contribution in [-0.4, -0.2) is 28.0 Å². The number of carbonyl (C=O) groups is 1. The average Bonchev–Trinajstić information content (AvgIpc) is 3.09. The molecule has 0 unspecified atom stereocenters. The van der Waals surface area contributed by atoms with Crippen molar-refractivity contribution in [1.29, 1.82) is 0 Å². The van der Waals surface area contributed by atoms with Gasteiger partial charge in [-0.2, -0.15) is 4.98 Å². The van der Waals surface area contributed by atoms with Crippen LogP contribution in [0.2, 0.25) is 10.0 Å². The normalized spacial score (nSPS) is 11.1. The van der Waals surface area contributed by atoms with Gasteiger partial charge in [-0.05, 0) is 30.7 Å². The van der Waals surface area contributed by atoms with Crippen molar-refractivity contribution in [3.05, 3.63) is 75.6 Å². The quantitative estimate of drug-likeness (QED) is 0.562. The fraction of sp³-hybridized carbons (Fsp3) is 0.150. The SMILES string of the molecule is Cc1ccc(-c2noc(CN(C)C(=O)/C=C/c3ccc(Cl)cc3Cl)n2)cc1. The van der Waals surface area contributed by atoms with E-state index in [-0.39, 0.29) is 12.5 Å². The Kier molecular flexibility index (Phi) is 5.94. The molecule has 0 saturated carbocycles. The summed E-state index contributed by atoms with van der Waals surface area (Å²) in [6.45, 7) is 2.22. The topological polar surface area (TPSA) is 59.2 Å². The molecule has 0 atom stereocenters. The van der Waals surface area contributed by atoms with Crippen LogP contribution in [0.15, 0.2) is 53.1 Å². The highest BCUT2D eigenvalue weighted by Crippen LogP contribution is 2.22. The summed E-state index contributed by atoms with van der Waals surface area (Å²) in [5.41, 5.74) is 2.73. The molecule has 3 rings (SSSR count). The van der Waals surface area contributed by atoms with E-state index < -0.39 is 0 Å². The molecule has 0 spiro atoms. The van der Waals surface area contributed by atoms with Crippen LogP contribution in [0.5, 0.6) is 0 Å². The van der Waals surface area contributed by atoms with Crippen LogP contribution in [0.1, 0.15) is 17.0 Å². The molecule has 0 bridgehead atoms. The second kappa shape index (κ2) is 8.37. The third kappa shape index (κ3) is 4.96. The highest BCUT2D eigenvalue weighted by atomic mass is 35.5. The standard InChI is InChI=1S/C20H17Cl2N3O2/c1-13-3-5-15(6-4-13)20-23-18(27-24-20)12-25(2)19(26)10-8-14-7-9-16(21)11-17(14)22/h3-11H,12H2,1-2H3/b10-8+. The zero-order valence-corrected chi connectivity index (χ0v) is 16.3. The summed E-state index contributed by atoms with van der Waals surface area (Å²) in [4.78, 5) is 18.1. The number of halogens is 2. The number of likely N-dealkylation sites (N-methyl/N-ethyl adjacent to an activating group) is 1. The van der Waals surface area contributed by atoms with Crippen LogP contribution in [0.4, 0.5) is 0 Å². The number of aryl methyl sites for hydroxylation is 1. The molecule has 1 aromatic heterocycles. The van der Waals surface area contributed by atoms with E-state index >= 15 is 0 Å². The summed E-state index contributed by atoms with van der Waals surface area (Å²) < 4.78 is 5.25. The first kappa shape index (κ1) is 19.1. The number of nitrogens with zero attached hydrogens (tertiary/aromatic N) is 3. The van der Waals surface area contributed by atoms with E-state index in [1.165, 1.54) is 11.0 Å². The van der Waals surface area contributed by atoms with E-state index in [4.69, 9.17) is 27.7 Å². The molecule has 0 radical (unpaired) electrons. The van der Waals surface area contributed by atoms with Crippen molar-refractivity contribution in [1.82, 2.24) is 15.0 Å². The number of aromatic nitrogens is 2. The molecule has 1 heterocycles. The van der Waals surface area contributed by atoms with Crippen molar-refractivity contribution in [3.8, 4) is 11.4 Å². The van der Waals surface area contributed by atoms with Gasteiger partial charge in [-0.15, -0.1) is 0 Å². The van der Waals surface area contributed by atoms with Crippen LogP contribution in [0.3, 0.4) is 0 Å². The maximum atomic E-state index is 12.3. The van der Waals surface area contributed by atoms with Crippen molar-refractivity contribution < 1.29 is 9.32 Å². The molecule has 0 fully saturated rings. The van der Waals surface area contributed by atoms with Gasteiger partial charge in [0, 0.05) is 28.7 Å². The summed E-state index contributed by atoms with van der Waals surface area (Å²) in [5.74, 6) is 0.643. The van der Waals surface area contributed by atoms with Crippen molar-refractivity contribution >= 4 is 35.2 Å². The van der Waals surface area contributed by atoms with Crippen molar-refractivity contribution in [2.24, 2.45) is 0 Å². The second-order valence-corrected chi connectivity index (χ2v) is 6.91. The lowest BCUT2D eigenvalue weighted by molar-refractivity contribution is -0.125. The fourth-order valence-electron chi connectivity index (χ4n) is 2.34. The number of benzene rings is 2. The minimum Gasteiger partial charge on any atom is -0.337 e. The summed E-state index contributed by atoms with van der Waals surface area (Å²) in [6.07, 6.45) is 3.08. The predicted octanol–water partition coefficient (Wildman–Crippen LogP) is 5.02. The minimum atomic E-state index is -0.212. The first-order chi connectivity index (χ1) is 12.9. The zero-order valence-electron chi connectivity index (χ0n) is 14.8. The van der Waals surface area contributed by atoms with E-state index in [1.807, 2.05) is 31.2 Å². The largest absolute Gasteiger partial charge is 0.337 e. The lowest BCUT2D eigenvalue weighted by atomic mass is 10.1. The van der Waals surface area contributed by atoms with Gasteiger partial charge in [0.1, 0.15) is 0 Å². The minimum absolute atomic E-state index is 0.205. The highest BCUT2D eigenvalue weighted by Gasteiger charge is 2.13.